The van der Waals surface area contributed by atoms with E-state index in [2.05, 4.69) is 16.8 Å². The van der Waals surface area contributed by atoms with Crippen LogP contribution in [0.15, 0.2) is 52.1 Å². The van der Waals surface area contributed by atoms with Gasteiger partial charge in [0.15, 0.2) is 15.6 Å². The molecule has 3 aliphatic rings. The quantitative estimate of drug-likeness (QED) is 0.662. The first-order valence-corrected chi connectivity index (χ1v) is 12.9. The van der Waals surface area contributed by atoms with E-state index in [1.165, 1.54) is 25.5 Å². The third-order valence-electron chi connectivity index (χ3n) is 6.48. The van der Waals surface area contributed by atoms with Gasteiger partial charge in [-0.25, -0.2) is 8.42 Å². The Hall–Kier alpha value is -2.77. The number of likely N-dealkylation sites (tertiary alicyclic amines) is 1. The maximum Gasteiger partial charge on any atom is 0.232 e. The van der Waals surface area contributed by atoms with Gasteiger partial charge in [0, 0.05) is 30.0 Å². The van der Waals surface area contributed by atoms with E-state index in [1.807, 2.05) is 12.1 Å². The van der Waals surface area contributed by atoms with E-state index < -0.39 is 9.84 Å². The van der Waals surface area contributed by atoms with Crippen molar-refractivity contribution in [2.75, 3.05) is 19.3 Å². The van der Waals surface area contributed by atoms with Gasteiger partial charge < -0.3 is 4.74 Å². The third-order valence-corrected chi connectivity index (χ3v) is 7.59. The zero-order valence-electron chi connectivity index (χ0n) is 18.3. The van der Waals surface area contributed by atoms with Crippen LogP contribution in [0.3, 0.4) is 0 Å². The van der Waals surface area contributed by atoms with Crippen LogP contribution in [0.2, 0.25) is 0 Å². The summed E-state index contributed by atoms with van der Waals surface area (Å²) in [6.45, 7) is 5.42. The van der Waals surface area contributed by atoms with E-state index in [4.69, 9.17) is 4.74 Å². The first kappa shape index (κ1) is 21.1. The molecule has 2 aromatic carbocycles. The first-order chi connectivity index (χ1) is 15.3. The monoisotopic (exact) mass is 450 g/mol. The molecule has 0 unspecified atom stereocenters. The summed E-state index contributed by atoms with van der Waals surface area (Å²) in [5, 5.41) is 0. The number of allylic oxidation sites excluding steroid dienone is 2. The molecule has 2 aromatic rings. The molecule has 1 fully saturated rings. The maximum atomic E-state index is 13.1. The second-order valence-corrected chi connectivity index (χ2v) is 10.8. The average molecular weight is 451 g/mol. The summed E-state index contributed by atoms with van der Waals surface area (Å²) in [5.74, 6) is 0.729. The van der Waals surface area contributed by atoms with E-state index >= 15 is 0 Å². The number of fused-ring (bicyclic) bond motifs is 2. The molecule has 5 rings (SSSR count). The Balaban J connectivity index is 1.47. The van der Waals surface area contributed by atoms with Gasteiger partial charge in [-0.2, -0.15) is 0 Å². The number of sulfone groups is 1. The molecule has 166 valence electrons. The number of nitrogens with zero attached hydrogens (tertiary/aromatic N) is 2. The molecule has 0 radical (unpaired) electrons. The number of aryl methyl sites for hydroxylation is 1. The summed E-state index contributed by atoms with van der Waals surface area (Å²) < 4.78 is 30.1. The lowest BCUT2D eigenvalue weighted by Crippen LogP contribution is -2.29. The number of carbonyl (C=O) groups excluding carboxylic acids is 1. The van der Waals surface area contributed by atoms with Gasteiger partial charge in [0.2, 0.25) is 5.78 Å². The zero-order chi connectivity index (χ0) is 22.5. The highest BCUT2D eigenvalue weighted by atomic mass is 32.2. The summed E-state index contributed by atoms with van der Waals surface area (Å²) in [6, 6.07) is 8.84. The molecular formula is C25H26N2O4S. The van der Waals surface area contributed by atoms with Crippen LogP contribution in [0.5, 0.6) is 5.75 Å². The zero-order valence-corrected chi connectivity index (χ0v) is 19.2. The molecule has 1 saturated heterocycles. The van der Waals surface area contributed by atoms with Crippen molar-refractivity contribution in [2.24, 2.45) is 4.99 Å². The fourth-order valence-corrected chi connectivity index (χ4v) is 5.26. The SMILES string of the molecule is Cc1ccc2c(c1CN1CCCCC1)O/C(=C\C1=NCc3ccc(S(C)(=O)=O)cc31)C2=O. The number of ether oxygens (including phenoxy) is 1. The molecule has 0 aromatic heterocycles. The number of hydrogen-bond acceptors (Lipinski definition) is 6. The Morgan fingerprint density at radius 3 is 2.62 bits per heavy atom. The second kappa shape index (κ2) is 7.98. The lowest BCUT2D eigenvalue weighted by Gasteiger charge is -2.27. The van der Waals surface area contributed by atoms with Crippen LogP contribution in [0.1, 0.15) is 51.9 Å². The minimum Gasteiger partial charge on any atom is -0.452 e. The van der Waals surface area contributed by atoms with Gasteiger partial charge in [-0.15, -0.1) is 0 Å². The van der Waals surface area contributed by atoms with Crippen molar-refractivity contribution in [2.45, 2.75) is 44.2 Å². The number of piperidine rings is 1. The second-order valence-electron chi connectivity index (χ2n) is 8.81. The molecule has 6 nitrogen and oxygen atoms in total. The molecule has 3 aliphatic heterocycles. The van der Waals surface area contributed by atoms with Gasteiger partial charge in [0.25, 0.3) is 0 Å². The lowest BCUT2D eigenvalue weighted by atomic mass is 10.00. The highest BCUT2D eigenvalue weighted by Gasteiger charge is 2.32. The third kappa shape index (κ3) is 3.80. The van der Waals surface area contributed by atoms with Crippen molar-refractivity contribution in [1.82, 2.24) is 4.90 Å². The normalized spacial score (nSPS) is 19.6. The van der Waals surface area contributed by atoms with Crippen LogP contribution < -0.4 is 4.74 Å². The molecule has 0 aliphatic carbocycles. The van der Waals surface area contributed by atoms with Crippen molar-refractivity contribution in [3.63, 3.8) is 0 Å². The fraction of sp³-hybridized carbons (Fsp3) is 0.360. The minimum atomic E-state index is -3.33. The largest absolute Gasteiger partial charge is 0.452 e. The Morgan fingerprint density at radius 1 is 1.09 bits per heavy atom. The summed E-state index contributed by atoms with van der Waals surface area (Å²) in [7, 11) is -3.33. The Morgan fingerprint density at radius 2 is 1.88 bits per heavy atom. The van der Waals surface area contributed by atoms with Crippen LogP contribution in [0.4, 0.5) is 0 Å². The van der Waals surface area contributed by atoms with Crippen molar-refractivity contribution < 1.29 is 17.9 Å². The molecule has 32 heavy (non-hydrogen) atoms. The highest BCUT2D eigenvalue weighted by Crippen LogP contribution is 2.38. The van der Waals surface area contributed by atoms with Crippen molar-refractivity contribution in [1.29, 1.82) is 0 Å². The van der Waals surface area contributed by atoms with Crippen LogP contribution >= 0.6 is 0 Å². The predicted octanol–water partition coefficient (Wildman–Crippen LogP) is 3.85. The van der Waals surface area contributed by atoms with E-state index in [0.29, 0.717) is 23.6 Å². The summed E-state index contributed by atoms with van der Waals surface area (Å²) in [4.78, 5) is 20.3. The van der Waals surface area contributed by atoms with Gasteiger partial charge in [0.1, 0.15) is 5.75 Å². The molecule has 0 bridgehead atoms. The van der Waals surface area contributed by atoms with Crippen LogP contribution in [0, 0.1) is 6.92 Å². The van der Waals surface area contributed by atoms with Crippen molar-refractivity contribution >= 4 is 21.3 Å². The molecule has 0 atom stereocenters. The standard InChI is InChI=1S/C25H26N2O4S/c1-16-6-9-19-24(28)23(31-25(19)21(16)15-27-10-4-3-5-11-27)13-22-20-12-18(32(2,29)30)8-7-17(20)14-26-22/h6-9,12-13H,3-5,10-11,14-15H2,1-2H3/b23-13-. The average Bonchev–Trinajstić information content (AvgIpc) is 3.31. The van der Waals surface area contributed by atoms with E-state index in [9.17, 15) is 13.2 Å². The van der Waals surface area contributed by atoms with Gasteiger partial charge in [0.05, 0.1) is 22.7 Å². The van der Waals surface area contributed by atoms with Crippen molar-refractivity contribution in [3.05, 3.63) is 70.0 Å². The number of Topliss-reactive ketones (excluding diaryl/α,β-unsaturated/α-hetero) is 1. The van der Waals surface area contributed by atoms with Crippen LogP contribution in [-0.4, -0.2) is 44.2 Å². The number of aliphatic imine (C=N–C) groups is 1. The van der Waals surface area contributed by atoms with Crippen LogP contribution in [0.25, 0.3) is 0 Å². The molecule has 0 saturated carbocycles. The topological polar surface area (TPSA) is 76.0 Å². The maximum absolute atomic E-state index is 13.1. The fourth-order valence-electron chi connectivity index (χ4n) is 4.61. The number of rotatable bonds is 4. The number of carbonyl (C=O) groups is 1. The molecule has 0 amide bonds. The van der Waals surface area contributed by atoms with Crippen LogP contribution in [-0.2, 0) is 22.9 Å². The summed E-state index contributed by atoms with van der Waals surface area (Å²) >= 11 is 0. The highest BCUT2D eigenvalue weighted by molar-refractivity contribution is 7.90. The first-order valence-electron chi connectivity index (χ1n) is 11.0. The summed E-state index contributed by atoms with van der Waals surface area (Å²) in [6.07, 6.45) is 6.52. The lowest BCUT2D eigenvalue weighted by molar-refractivity contribution is 0.101. The van der Waals surface area contributed by atoms with Gasteiger partial charge in [-0.3, -0.25) is 14.7 Å². The minimum absolute atomic E-state index is 0.157. The predicted molar refractivity (Wildman–Crippen MR) is 123 cm³/mol. The molecular weight excluding hydrogens is 424 g/mol. The number of hydrogen-bond donors (Lipinski definition) is 0. The van der Waals surface area contributed by atoms with E-state index in [1.54, 1.807) is 24.3 Å². The smallest absolute Gasteiger partial charge is 0.232 e. The van der Waals surface area contributed by atoms with Gasteiger partial charge in [-0.1, -0.05) is 18.6 Å². The van der Waals surface area contributed by atoms with Gasteiger partial charge >= 0.3 is 0 Å². The molecule has 0 spiro atoms. The molecule has 3 heterocycles. The molecule has 0 N–H and O–H groups in total. The Bertz CT molecular complexity index is 1290. The number of ketones is 1. The molecule has 7 heteroatoms. The number of benzene rings is 2. The Kier molecular flexibility index (Phi) is 5.26. The van der Waals surface area contributed by atoms with Crippen molar-refractivity contribution in [3.8, 4) is 5.75 Å². The van der Waals surface area contributed by atoms with E-state index in [-0.39, 0.29) is 16.4 Å². The Labute approximate surface area is 188 Å². The van der Waals surface area contributed by atoms with Gasteiger partial charge in [-0.05, 0) is 62.2 Å². The summed E-state index contributed by atoms with van der Waals surface area (Å²) in [5.41, 5.74) is 5.01. The van der Waals surface area contributed by atoms with E-state index in [0.717, 1.165) is 41.9 Å².